The molecule has 0 spiro atoms. The average Bonchev–Trinajstić information content (AvgIpc) is 3.22. The van der Waals surface area contributed by atoms with Gasteiger partial charge in [-0.25, -0.2) is 0 Å². The Kier molecular flexibility index (Phi) is 8.41. The molecule has 0 aliphatic carbocycles. The van der Waals surface area contributed by atoms with E-state index in [-0.39, 0.29) is 30.7 Å². The molecule has 1 aliphatic heterocycles. The van der Waals surface area contributed by atoms with Gasteiger partial charge in [0.15, 0.2) is 0 Å². The highest BCUT2D eigenvalue weighted by molar-refractivity contribution is 5.92. The molecule has 1 amide bonds. The summed E-state index contributed by atoms with van der Waals surface area (Å²) in [7, 11) is 1.88. The topological polar surface area (TPSA) is 68.0 Å². The molecule has 1 atom stereocenters. The summed E-state index contributed by atoms with van der Waals surface area (Å²) in [5, 5.41) is 12.0. The second-order valence-electron chi connectivity index (χ2n) is 6.02. The molecule has 2 aromatic heterocycles. The summed E-state index contributed by atoms with van der Waals surface area (Å²) in [6.07, 6.45) is 7.90. The lowest BCUT2D eigenvalue weighted by atomic mass is 10.1. The van der Waals surface area contributed by atoms with Crippen molar-refractivity contribution in [2.24, 2.45) is 7.05 Å². The predicted octanol–water partition coefficient (Wildman–Crippen LogP) is 2.05. The van der Waals surface area contributed by atoms with E-state index in [1.54, 1.807) is 15.8 Å². The van der Waals surface area contributed by atoms with Gasteiger partial charge < -0.3 is 10.2 Å². The molecule has 1 N–H and O–H groups in total. The van der Waals surface area contributed by atoms with Crippen molar-refractivity contribution in [3.05, 3.63) is 35.9 Å². The normalized spacial score (nSPS) is 16.6. The van der Waals surface area contributed by atoms with E-state index in [2.05, 4.69) is 15.5 Å². The van der Waals surface area contributed by atoms with Crippen LogP contribution in [0.2, 0.25) is 0 Å². The third-order valence-electron chi connectivity index (χ3n) is 4.27. The molecule has 2 aromatic rings. The third kappa shape index (κ3) is 5.20. The van der Waals surface area contributed by atoms with E-state index in [9.17, 15) is 4.79 Å². The number of rotatable bonds is 5. The van der Waals surface area contributed by atoms with E-state index >= 15 is 0 Å². The number of hydrogen-bond acceptors (Lipinski definition) is 4. The van der Waals surface area contributed by atoms with E-state index in [1.807, 2.05) is 37.1 Å². The first kappa shape index (κ1) is 21.5. The highest BCUT2D eigenvalue weighted by Gasteiger charge is 2.21. The minimum atomic E-state index is -0.0288. The van der Waals surface area contributed by atoms with Crippen LogP contribution >= 0.6 is 24.8 Å². The highest BCUT2D eigenvalue weighted by atomic mass is 35.5. The first-order chi connectivity index (χ1) is 11.2. The molecule has 1 unspecified atom stereocenters. The van der Waals surface area contributed by atoms with Gasteiger partial charge in [0.2, 0.25) is 0 Å². The summed E-state index contributed by atoms with van der Waals surface area (Å²) in [5.41, 5.74) is 1.54. The summed E-state index contributed by atoms with van der Waals surface area (Å²) in [6, 6.07) is 2.17. The van der Waals surface area contributed by atoms with Crippen LogP contribution in [0, 0.1) is 0 Å². The second kappa shape index (κ2) is 9.79. The molecule has 1 aliphatic rings. The van der Waals surface area contributed by atoms with E-state index in [0.717, 1.165) is 31.5 Å². The highest BCUT2D eigenvalue weighted by Crippen LogP contribution is 2.16. The zero-order chi connectivity index (χ0) is 16.2. The van der Waals surface area contributed by atoms with Crippen LogP contribution in [0.15, 0.2) is 24.7 Å². The molecule has 25 heavy (non-hydrogen) atoms. The van der Waals surface area contributed by atoms with E-state index < -0.39 is 0 Å². The first-order valence-corrected chi connectivity index (χ1v) is 8.20. The quantitative estimate of drug-likeness (QED) is 0.850. The number of amides is 1. The van der Waals surface area contributed by atoms with Crippen molar-refractivity contribution in [2.75, 3.05) is 19.6 Å². The minimum Gasteiger partial charge on any atom is -0.333 e. The average molecular weight is 389 g/mol. The lowest BCUT2D eigenvalue weighted by Gasteiger charge is -2.23. The fraction of sp³-hybridized carbons (Fsp3) is 0.562. The van der Waals surface area contributed by atoms with Crippen LogP contribution in [0.4, 0.5) is 0 Å². The van der Waals surface area contributed by atoms with E-state index in [4.69, 9.17) is 0 Å². The molecule has 7 nitrogen and oxygen atoms in total. The number of aryl methyl sites for hydroxylation is 1. The standard InChI is InChI=1S/C16H24N6O.2ClH/c1-3-21(12-13-9-18-20(2)11-13)16(23)15-6-8-22(19-15)14-5-4-7-17-10-14;;/h6,8-9,11,14,17H,3-5,7,10,12H2,1-2H3;2*1H. The van der Waals surface area contributed by atoms with Crippen LogP contribution in [0.3, 0.4) is 0 Å². The summed E-state index contributed by atoms with van der Waals surface area (Å²) >= 11 is 0. The van der Waals surface area contributed by atoms with Crippen molar-refractivity contribution >= 4 is 30.7 Å². The molecule has 9 heteroatoms. The lowest BCUT2D eigenvalue weighted by molar-refractivity contribution is 0.0745. The Balaban J connectivity index is 0.00000156. The number of carbonyl (C=O) groups excluding carboxylic acids is 1. The molecule has 140 valence electrons. The largest absolute Gasteiger partial charge is 0.333 e. The molecule has 0 saturated carbocycles. The Morgan fingerprint density at radius 1 is 1.44 bits per heavy atom. The smallest absolute Gasteiger partial charge is 0.274 e. The van der Waals surface area contributed by atoms with Gasteiger partial charge in [-0.1, -0.05) is 0 Å². The Morgan fingerprint density at radius 2 is 2.24 bits per heavy atom. The van der Waals surface area contributed by atoms with Gasteiger partial charge in [0.25, 0.3) is 5.91 Å². The molecular weight excluding hydrogens is 363 g/mol. The van der Waals surface area contributed by atoms with Crippen molar-refractivity contribution in [3.63, 3.8) is 0 Å². The van der Waals surface area contributed by atoms with Gasteiger partial charge in [-0.2, -0.15) is 10.2 Å². The first-order valence-electron chi connectivity index (χ1n) is 8.20. The van der Waals surface area contributed by atoms with Gasteiger partial charge in [0.1, 0.15) is 5.69 Å². The molecular formula is C16H26Cl2N6O. The van der Waals surface area contributed by atoms with Gasteiger partial charge in [-0.05, 0) is 32.4 Å². The van der Waals surface area contributed by atoms with Gasteiger partial charge in [-0.3, -0.25) is 14.2 Å². The predicted molar refractivity (Wildman–Crippen MR) is 101 cm³/mol. The lowest BCUT2D eigenvalue weighted by Crippen LogP contribution is -2.33. The molecule has 0 bridgehead atoms. The molecule has 0 aromatic carbocycles. The van der Waals surface area contributed by atoms with E-state index in [1.165, 1.54) is 0 Å². The third-order valence-corrected chi connectivity index (χ3v) is 4.27. The van der Waals surface area contributed by atoms with Gasteiger partial charge >= 0.3 is 0 Å². The fourth-order valence-electron chi connectivity index (χ4n) is 2.98. The van der Waals surface area contributed by atoms with Crippen LogP contribution in [-0.2, 0) is 13.6 Å². The van der Waals surface area contributed by atoms with Crippen LogP contribution in [0.5, 0.6) is 0 Å². The van der Waals surface area contributed by atoms with Crippen molar-refractivity contribution in [1.29, 1.82) is 0 Å². The van der Waals surface area contributed by atoms with Crippen LogP contribution in [0.25, 0.3) is 0 Å². The van der Waals surface area contributed by atoms with Crippen LogP contribution < -0.4 is 5.32 Å². The zero-order valence-electron chi connectivity index (χ0n) is 14.6. The fourth-order valence-corrected chi connectivity index (χ4v) is 2.98. The number of nitrogens with one attached hydrogen (secondary N) is 1. The summed E-state index contributed by atoms with van der Waals surface area (Å²) < 4.78 is 3.68. The number of carbonyl (C=O) groups is 1. The van der Waals surface area contributed by atoms with Crippen molar-refractivity contribution in [2.45, 2.75) is 32.4 Å². The molecule has 3 heterocycles. The summed E-state index contributed by atoms with van der Waals surface area (Å²) in [4.78, 5) is 14.5. The second-order valence-corrected chi connectivity index (χ2v) is 6.02. The SMILES string of the molecule is CCN(Cc1cnn(C)c1)C(=O)c1ccn(C2CCCNC2)n1.Cl.Cl. The van der Waals surface area contributed by atoms with Crippen LogP contribution in [-0.4, -0.2) is 50.0 Å². The van der Waals surface area contributed by atoms with Crippen molar-refractivity contribution in [3.8, 4) is 0 Å². The zero-order valence-corrected chi connectivity index (χ0v) is 16.2. The molecule has 1 fully saturated rings. The van der Waals surface area contributed by atoms with Gasteiger partial charge in [0.05, 0.1) is 12.2 Å². The molecule has 3 rings (SSSR count). The number of halogens is 2. The van der Waals surface area contributed by atoms with E-state index in [0.29, 0.717) is 24.8 Å². The Bertz CT molecular complexity index is 665. The maximum atomic E-state index is 12.7. The van der Waals surface area contributed by atoms with Gasteiger partial charge in [0, 0.05) is 44.6 Å². The summed E-state index contributed by atoms with van der Waals surface area (Å²) in [6.45, 7) is 5.17. The number of hydrogen-bond donors (Lipinski definition) is 1. The minimum absolute atomic E-state index is 0. The Morgan fingerprint density at radius 3 is 2.84 bits per heavy atom. The Labute approximate surface area is 160 Å². The number of piperidine rings is 1. The summed E-state index contributed by atoms with van der Waals surface area (Å²) in [5.74, 6) is -0.0288. The van der Waals surface area contributed by atoms with Crippen molar-refractivity contribution in [1.82, 2.24) is 29.8 Å². The maximum Gasteiger partial charge on any atom is 0.274 e. The molecule has 0 radical (unpaired) electrons. The van der Waals surface area contributed by atoms with Crippen LogP contribution in [0.1, 0.15) is 41.9 Å². The number of nitrogens with zero attached hydrogens (tertiary/aromatic N) is 5. The molecule has 1 saturated heterocycles. The monoisotopic (exact) mass is 388 g/mol. The number of aromatic nitrogens is 4. The van der Waals surface area contributed by atoms with Crippen molar-refractivity contribution < 1.29 is 4.79 Å². The Hall–Kier alpha value is -1.57. The maximum absolute atomic E-state index is 12.7. The van der Waals surface area contributed by atoms with Gasteiger partial charge in [-0.15, -0.1) is 24.8 Å².